The molecule has 176 valence electrons. The topological polar surface area (TPSA) is 36.2 Å². The molecule has 4 heteroatoms. The maximum Gasteiger partial charge on any atom is 0.334 e. The second kappa shape index (κ2) is 9.30. The summed E-state index contributed by atoms with van der Waals surface area (Å²) in [6.45, 7) is 7.05. The zero-order chi connectivity index (χ0) is 24.5. The van der Waals surface area contributed by atoms with E-state index < -0.39 is 0 Å². The summed E-state index contributed by atoms with van der Waals surface area (Å²) in [7, 11) is 1.65. The zero-order valence-electron chi connectivity index (χ0n) is 20.7. The number of ether oxygens (including phenoxy) is 1. The van der Waals surface area contributed by atoms with Gasteiger partial charge in [-0.3, -0.25) is 9.13 Å². The van der Waals surface area contributed by atoms with E-state index >= 15 is 0 Å². The van der Waals surface area contributed by atoms with Crippen molar-refractivity contribution in [2.24, 2.45) is 0 Å². The predicted octanol–water partition coefficient (Wildman–Crippen LogP) is 6.70. The highest BCUT2D eigenvalue weighted by Crippen LogP contribution is 2.38. The molecule has 5 aromatic rings. The Hall–Kier alpha value is -4.05. The molecule has 0 fully saturated rings. The Morgan fingerprint density at radius 1 is 0.771 bits per heavy atom. The van der Waals surface area contributed by atoms with E-state index in [1.807, 2.05) is 57.7 Å². The number of rotatable bonds is 6. The van der Waals surface area contributed by atoms with Crippen LogP contribution in [0.25, 0.3) is 27.8 Å². The molecule has 0 atom stereocenters. The third kappa shape index (κ3) is 3.85. The molecule has 5 rings (SSSR count). The van der Waals surface area contributed by atoms with Gasteiger partial charge in [-0.15, -0.1) is 0 Å². The third-order valence-electron chi connectivity index (χ3n) is 6.94. The van der Waals surface area contributed by atoms with Gasteiger partial charge in [0, 0.05) is 5.56 Å². The van der Waals surface area contributed by atoms with Gasteiger partial charge >= 0.3 is 5.69 Å². The molecule has 0 aliphatic rings. The number of hydrogen-bond donors (Lipinski definition) is 0. The molecule has 0 amide bonds. The summed E-state index contributed by atoms with van der Waals surface area (Å²) in [6, 6.07) is 28.3. The molecule has 1 aromatic heterocycles. The number of nitrogens with zero attached hydrogens (tertiary/aromatic N) is 2. The molecule has 1 heterocycles. The smallest absolute Gasteiger partial charge is 0.334 e. The van der Waals surface area contributed by atoms with Gasteiger partial charge in [-0.1, -0.05) is 67.6 Å². The normalized spacial score (nSPS) is 11.2. The zero-order valence-corrected chi connectivity index (χ0v) is 20.7. The maximum atomic E-state index is 14.2. The van der Waals surface area contributed by atoms with Crippen LogP contribution >= 0.6 is 0 Å². The summed E-state index contributed by atoms with van der Waals surface area (Å²) in [5.74, 6) is 0.763. The van der Waals surface area contributed by atoms with Crippen molar-refractivity contribution in [1.82, 2.24) is 9.13 Å². The molecule has 0 aliphatic heterocycles. The minimum atomic E-state index is -0.0399. The summed E-state index contributed by atoms with van der Waals surface area (Å²) in [4.78, 5) is 14.2. The van der Waals surface area contributed by atoms with E-state index in [1.165, 1.54) is 16.7 Å². The molecule has 0 aliphatic carbocycles. The summed E-state index contributed by atoms with van der Waals surface area (Å²) in [5, 5.41) is 0. The van der Waals surface area contributed by atoms with Crippen molar-refractivity contribution in [2.75, 3.05) is 7.11 Å². The van der Waals surface area contributed by atoms with Crippen molar-refractivity contribution < 1.29 is 4.74 Å². The molecule has 0 spiro atoms. The van der Waals surface area contributed by atoms with Crippen LogP contribution < -0.4 is 10.4 Å². The van der Waals surface area contributed by atoms with Crippen molar-refractivity contribution in [1.29, 1.82) is 0 Å². The third-order valence-corrected chi connectivity index (χ3v) is 6.94. The van der Waals surface area contributed by atoms with Crippen LogP contribution in [0.4, 0.5) is 0 Å². The van der Waals surface area contributed by atoms with Crippen molar-refractivity contribution in [3.8, 4) is 22.6 Å². The number of hydrogen-bond acceptors (Lipinski definition) is 2. The van der Waals surface area contributed by atoms with Gasteiger partial charge in [0.1, 0.15) is 5.75 Å². The lowest BCUT2D eigenvalue weighted by molar-refractivity contribution is 0.414. The van der Waals surface area contributed by atoms with Gasteiger partial charge in [-0.25, -0.2) is 4.79 Å². The molecule has 35 heavy (non-hydrogen) atoms. The molecule has 0 unspecified atom stereocenters. The second-order valence-corrected chi connectivity index (χ2v) is 8.91. The molecule has 4 nitrogen and oxygen atoms in total. The minimum Gasteiger partial charge on any atom is -0.497 e. The number of benzene rings is 4. The Labute approximate surface area is 206 Å². The fraction of sp³-hybridized carbons (Fsp3) is 0.194. The fourth-order valence-electron chi connectivity index (χ4n) is 5.28. The Balaban J connectivity index is 1.94. The lowest BCUT2D eigenvalue weighted by Crippen LogP contribution is -2.24. The van der Waals surface area contributed by atoms with Gasteiger partial charge < -0.3 is 4.74 Å². The molecular weight excluding hydrogens is 432 g/mol. The quantitative estimate of drug-likeness (QED) is 0.282. The Bertz CT molecular complexity index is 1540. The number of imidazole rings is 1. The van der Waals surface area contributed by atoms with Crippen molar-refractivity contribution in [3.05, 3.63) is 118 Å². The van der Waals surface area contributed by atoms with Gasteiger partial charge in [0.25, 0.3) is 0 Å². The van der Waals surface area contributed by atoms with Crippen LogP contribution in [0.3, 0.4) is 0 Å². The Morgan fingerprint density at radius 3 is 2.00 bits per heavy atom. The van der Waals surface area contributed by atoms with Crippen molar-refractivity contribution in [3.63, 3.8) is 0 Å². The molecule has 0 saturated heterocycles. The highest BCUT2D eigenvalue weighted by atomic mass is 16.5. The highest BCUT2D eigenvalue weighted by Gasteiger charge is 2.24. The van der Waals surface area contributed by atoms with E-state index in [-0.39, 0.29) is 5.69 Å². The van der Waals surface area contributed by atoms with E-state index in [0.29, 0.717) is 6.54 Å². The first-order valence-corrected chi connectivity index (χ1v) is 12.1. The first-order valence-electron chi connectivity index (χ1n) is 12.1. The summed E-state index contributed by atoms with van der Waals surface area (Å²) >= 11 is 0. The van der Waals surface area contributed by atoms with E-state index in [9.17, 15) is 4.79 Å². The molecule has 4 aromatic carbocycles. The van der Waals surface area contributed by atoms with Gasteiger partial charge in [0.15, 0.2) is 0 Å². The Kier molecular flexibility index (Phi) is 6.04. The molecule has 0 bridgehead atoms. The average Bonchev–Trinajstić information content (AvgIpc) is 3.17. The van der Waals surface area contributed by atoms with Gasteiger partial charge in [0.05, 0.1) is 30.4 Å². The van der Waals surface area contributed by atoms with Gasteiger partial charge in [-0.2, -0.15) is 0 Å². The molecule has 0 saturated carbocycles. The van der Waals surface area contributed by atoms with Crippen LogP contribution in [-0.4, -0.2) is 16.2 Å². The molecule has 0 radical (unpaired) electrons. The first-order chi connectivity index (χ1) is 17.0. The van der Waals surface area contributed by atoms with E-state index in [1.54, 1.807) is 7.11 Å². The van der Waals surface area contributed by atoms with E-state index in [4.69, 9.17) is 4.74 Å². The maximum absolute atomic E-state index is 14.2. The standard InChI is InChI=1S/C31H30N2O2/c1-5-27-21(2)28(24-14-10-7-11-15-24)30-29(22(27)3)32(20-23-12-8-6-9-13-23)31(34)33(30)25-16-18-26(35-4)19-17-25/h6-19H,5,20H2,1-4H3. The second-order valence-electron chi connectivity index (χ2n) is 8.91. The number of aryl methyl sites for hydroxylation is 1. The monoisotopic (exact) mass is 462 g/mol. The Morgan fingerprint density at radius 2 is 1.40 bits per heavy atom. The largest absolute Gasteiger partial charge is 0.497 e. The molecule has 0 N–H and O–H groups in total. The van der Waals surface area contributed by atoms with Crippen LogP contribution in [0.5, 0.6) is 5.75 Å². The highest BCUT2D eigenvalue weighted by molar-refractivity contribution is 5.98. The predicted molar refractivity (Wildman–Crippen MR) is 144 cm³/mol. The van der Waals surface area contributed by atoms with Crippen LogP contribution in [0.15, 0.2) is 89.7 Å². The van der Waals surface area contributed by atoms with Gasteiger partial charge in [0.2, 0.25) is 0 Å². The fourth-order valence-corrected chi connectivity index (χ4v) is 5.28. The summed E-state index contributed by atoms with van der Waals surface area (Å²) < 4.78 is 9.19. The number of aromatic nitrogens is 2. The van der Waals surface area contributed by atoms with Gasteiger partial charge in [-0.05, 0) is 72.4 Å². The number of methoxy groups -OCH3 is 1. The number of fused-ring (bicyclic) bond motifs is 1. The van der Waals surface area contributed by atoms with Crippen molar-refractivity contribution in [2.45, 2.75) is 33.7 Å². The lowest BCUT2D eigenvalue weighted by Gasteiger charge is -2.18. The van der Waals surface area contributed by atoms with Crippen molar-refractivity contribution >= 4 is 11.0 Å². The minimum absolute atomic E-state index is 0.0399. The average molecular weight is 463 g/mol. The SMILES string of the molecule is CCc1c(C)c(-c2ccccc2)c2c(c1C)n(Cc1ccccc1)c(=O)n2-c1ccc(OC)cc1. The van der Waals surface area contributed by atoms with Crippen LogP contribution in [0.1, 0.15) is 29.2 Å². The van der Waals surface area contributed by atoms with Crippen LogP contribution in [0, 0.1) is 13.8 Å². The summed E-state index contributed by atoms with van der Waals surface area (Å²) in [6.07, 6.45) is 0.903. The summed E-state index contributed by atoms with van der Waals surface area (Å²) in [5.41, 5.74) is 9.75. The lowest BCUT2D eigenvalue weighted by atomic mass is 9.90. The van der Waals surface area contributed by atoms with Crippen LogP contribution in [0.2, 0.25) is 0 Å². The van der Waals surface area contributed by atoms with Crippen LogP contribution in [-0.2, 0) is 13.0 Å². The molecular formula is C31H30N2O2. The van der Waals surface area contributed by atoms with E-state index in [0.717, 1.165) is 45.6 Å². The first kappa shape index (κ1) is 22.7. The van der Waals surface area contributed by atoms with E-state index in [2.05, 4.69) is 57.2 Å².